The van der Waals surface area contributed by atoms with Crippen LogP contribution < -0.4 is 0 Å². The van der Waals surface area contributed by atoms with Crippen LogP contribution in [0.3, 0.4) is 0 Å². The molecule has 3 rings (SSSR count). The molecule has 18 heavy (non-hydrogen) atoms. The molecule has 2 saturated carbocycles. The molecule has 0 spiro atoms. The molecule has 0 unspecified atom stereocenters. The maximum atomic E-state index is 11.9. The molecule has 0 aromatic heterocycles. The summed E-state index contributed by atoms with van der Waals surface area (Å²) in [5.41, 5.74) is 1.73. The van der Waals surface area contributed by atoms with Crippen molar-refractivity contribution in [3.8, 4) is 0 Å². The van der Waals surface area contributed by atoms with Gasteiger partial charge in [-0.2, -0.15) is 0 Å². The molecule has 0 aromatic rings. The minimum absolute atomic E-state index is 0.0314. The molecular weight excluding hydrogens is 228 g/mol. The predicted molar refractivity (Wildman–Crippen MR) is 66.7 cm³/mol. The third-order valence-corrected chi connectivity index (χ3v) is 5.00. The lowest BCUT2D eigenvalue weighted by Gasteiger charge is -2.27. The highest BCUT2D eigenvalue weighted by Gasteiger charge is 2.54. The van der Waals surface area contributed by atoms with Crippen LogP contribution >= 0.6 is 0 Å². The maximum absolute atomic E-state index is 11.9. The summed E-state index contributed by atoms with van der Waals surface area (Å²) in [5, 5.41) is 0. The van der Waals surface area contributed by atoms with E-state index in [0.717, 1.165) is 18.4 Å². The Morgan fingerprint density at radius 2 is 1.94 bits per heavy atom. The van der Waals surface area contributed by atoms with E-state index in [9.17, 15) is 9.59 Å². The summed E-state index contributed by atoms with van der Waals surface area (Å²) in [4.78, 5) is 23.6. The largest absolute Gasteiger partial charge is 0.458 e. The van der Waals surface area contributed by atoms with Gasteiger partial charge in [-0.1, -0.05) is 25.7 Å². The lowest BCUT2D eigenvalue weighted by atomic mass is 9.79. The highest BCUT2D eigenvalue weighted by Crippen LogP contribution is 2.51. The van der Waals surface area contributed by atoms with Gasteiger partial charge in [-0.05, 0) is 18.8 Å². The highest BCUT2D eigenvalue weighted by molar-refractivity contribution is 5.91. The summed E-state index contributed by atoms with van der Waals surface area (Å²) >= 11 is 0. The molecule has 0 aromatic carbocycles. The highest BCUT2D eigenvalue weighted by atomic mass is 16.6. The standard InChI is InChI=1S/C15H18O3/c1-7-4-5-10-8(2)15(17)18-14(10)13-9(3)12(16)6-11(7)13/h9-11,13-14H,1-2,4-6H2,3H3/t9-,10-,11-,13-,14-/m0/s1. The first-order valence-electron chi connectivity index (χ1n) is 6.61. The first-order valence-corrected chi connectivity index (χ1v) is 6.61. The Balaban J connectivity index is 2.01. The average Bonchev–Trinajstić information content (AvgIpc) is 2.72. The van der Waals surface area contributed by atoms with Gasteiger partial charge in [0.15, 0.2) is 0 Å². The van der Waals surface area contributed by atoms with Crippen LogP contribution in [0, 0.1) is 23.7 Å². The fourth-order valence-corrected chi connectivity index (χ4v) is 3.87. The van der Waals surface area contributed by atoms with Crippen molar-refractivity contribution in [3.05, 3.63) is 24.3 Å². The van der Waals surface area contributed by atoms with Crippen molar-refractivity contribution in [2.45, 2.75) is 32.3 Å². The first kappa shape index (κ1) is 11.7. The van der Waals surface area contributed by atoms with Crippen LogP contribution in [0.5, 0.6) is 0 Å². The quantitative estimate of drug-likeness (QED) is 0.374. The number of ketones is 1. The number of hydrogen-bond donors (Lipinski definition) is 0. The fraction of sp³-hybridized carbons (Fsp3) is 0.600. The van der Waals surface area contributed by atoms with Crippen LogP contribution in [-0.4, -0.2) is 17.9 Å². The normalized spacial score (nSPS) is 43.5. The summed E-state index contributed by atoms with van der Waals surface area (Å²) in [6.45, 7) is 9.95. The zero-order chi connectivity index (χ0) is 13.0. The molecule has 3 aliphatic rings. The van der Waals surface area contributed by atoms with Crippen molar-refractivity contribution in [3.63, 3.8) is 0 Å². The zero-order valence-corrected chi connectivity index (χ0v) is 10.6. The lowest BCUT2D eigenvalue weighted by molar-refractivity contribution is -0.143. The Morgan fingerprint density at radius 1 is 1.22 bits per heavy atom. The van der Waals surface area contributed by atoms with E-state index in [1.54, 1.807) is 0 Å². The summed E-state index contributed by atoms with van der Waals surface area (Å²) in [7, 11) is 0. The molecule has 3 heteroatoms. The van der Waals surface area contributed by atoms with Crippen LogP contribution in [0.25, 0.3) is 0 Å². The SMILES string of the molecule is C=C1C(=O)O[C@@H]2[C@H]3[C@@H](C)C(=O)C[C@H]3C(=C)CC[C@@H]12. The number of allylic oxidation sites excluding steroid dienone is 1. The van der Waals surface area contributed by atoms with Crippen molar-refractivity contribution in [2.24, 2.45) is 23.7 Å². The molecule has 0 N–H and O–H groups in total. The van der Waals surface area contributed by atoms with Crippen molar-refractivity contribution in [1.29, 1.82) is 0 Å². The number of carbonyl (C=O) groups excluding carboxylic acids is 2. The second kappa shape index (κ2) is 3.81. The van der Waals surface area contributed by atoms with Gasteiger partial charge < -0.3 is 4.74 Å². The molecule has 3 fully saturated rings. The van der Waals surface area contributed by atoms with Crippen LogP contribution in [-0.2, 0) is 14.3 Å². The summed E-state index contributed by atoms with van der Waals surface area (Å²) < 4.78 is 5.51. The van der Waals surface area contributed by atoms with Crippen LogP contribution in [0.2, 0.25) is 0 Å². The van der Waals surface area contributed by atoms with Gasteiger partial charge in [-0.3, -0.25) is 4.79 Å². The molecule has 0 bridgehead atoms. The number of fused-ring (bicyclic) bond motifs is 3. The van der Waals surface area contributed by atoms with Gasteiger partial charge in [-0.25, -0.2) is 4.79 Å². The number of esters is 1. The summed E-state index contributed by atoms with van der Waals surface area (Å²) in [6.07, 6.45) is 2.16. The Labute approximate surface area is 107 Å². The Morgan fingerprint density at radius 3 is 2.67 bits per heavy atom. The Hall–Kier alpha value is -1.38. The molecule has 3 nitrogen and oxygen atoms in total. The van der Waals surface area contributed by atoms with E-state index in [1.807, 2.05) is 6.92 Å². The molecule has 2 aliphatic carbocycles. The number of Topliss-reactive ketones (excluding diaryl/α,β-unsaturated/α-hetero) is 1. The monoisotopic (exact) mass is 246 g/mol. The topological polar surface area (TPSA) is 43.4 Å². The van der Waals surface area contributed by atoms with Gasteiger partial charge in [0.25, 0.3) is 0 Å². The zero-order valence-electron chi connectivity index (χ0n) is 10.6. The number of carbonyl (C=O) groups is 2. The summed E-state index contributed by atoms with van der Waals surface area (Å²) in [6, 6.07) is 0. The van der Waals surface area contributed by atoms with Gasteiger partial charge in [0.2, 0.25) is 0 Å². The molecule has 1 heterocycles. The molecule has 0 radical (unpaired) electrons. The minimum atomic E-state index is -0.275. The van der Waals surface area contributed by atoms with Gasteiger partial charge in [0.05, 0.1) is 0 Å². The molecule has 5 atom stereocenters. The number of rotatable bonds is 0. The number of hydrogen-bond acceptors (Lipinski definition) is 3. The van der Waals surface area contributed by atoms with Crippen molar-refractivity contribution in [1.82, 2.24) is 0 Å². The van der Waals surface area contributed by atoms with Gasteiger partial charge in [0, 0.05) is 29.7 Å². The van der Waals surface area contributed by atoms with E-state index in [-0.39, 0.29) is 41.5 Å². The average molecular weight is 246 g/mol. The predicted octanol–water partition coefficient (Wildman–Crippen LogP) is 2.28. The first-order chi connectivity index (χ1) is 8.50. The van der Waals surface area contributed by atoms with E-state index in [1.165, 1.54) is 0 Å². The van der Waals surface area contributed by atoms with Crippen molar-refractivity contribution < 1.29 is 14.3 Å². The van der Waals surface area contributed by atoms with Crippen LogP contribution in [0.4, 0.5) is 0 Å². The van der Waals surface area contributed by atoms with Gasteiger partial charge in [-0.15, -0.1) is 0 Å². The molecule has 96 valence electrons. The second-order valence-corrected chi connectivity index (χ2v) is 5.84. The van der Waals surface area contributed by atoms with Crippen molar-refractivity contribution >= 4 is 11.8 Å². The third kappa shape index (κ3) is 1.43. The van der Waals surface area contributed by atoms with Crippen LogP contribution in [0.15, 0.2) is 24.3 Å². The maximum Gasteiger partial charge on any atom is 0.334 e. The van der Waals surface area contributed by atoms with Crippen LogP contribution in [0.1, 0.15) is 26.2 Å². The molecule has 1 saturated heterocycles. The molecular formula is C15H18O3. The summed E-state index contributed by atoms with van der Waals surface area (Å²) in [5.74, 6) is 0.360. The van der Waals surface area contributed by atoms with Gasteiger partial charge in [0.1, 0.15) is 11.9 Å². The van der Waals surface area contributed by atoms with E-state index < -0.39 is 0 Å². The van der Waals surface area contributed by atoms with Crippen molar-refractivity contribution in [2.75, 3.05) is 0 Å². The van der Waals surface area contributed by atoms with Gasteiger partial charge >= 0.3 is 5.97 Å². The minimum Gasteiger partial charge on any atom is -0.458 e. The van der Waals surface area contributed by atoms with E-state index >= 15 is 0 Å². The fourth-order valence-electron chi connectivity index (χ4n) is 3.87. The third-order valence-electron chi connectivity index (χ3n) is 5.00. The van der Waals surface area contributed by atoms with E-state index in [0.29, 0.717) is 12.0 Å². The Kier molecular flexibility index (Phi) is 2.47. The second-order valence-electron chi connectivity index (χ2n) is 5.84. The van der Waals surface area contributed by atoms with E-state index in [2.05, 4.69) is 13.2 Å². The van der Waals surface area contributed by atoms with E-state index in [4.69, 9.17) is 4.74 Å². The lowest BCUT2D eigenvalue weighted by Crippen LogP contribution is -2.32. The number of ether oxygens (including phenoxy) is 1. The Bertz CT molecular complexity index is 462. The smallest absolute Gasteiger partial charge is 0.334 e. The molecule has 1 aliphatic heterocycles. The molecule has 0 amide bonds.